The van der Waals surface area contributed by atoms with Crippen molar-refractivity contribution in [3.63, 3.8) is 0 Å². The van der Waals surface area contributed by atoms with Crippen LogP contribution >= 0.6 is 0 Å². The first-order chi connectivity index (χ1) is 8.25. The summed E-state index contributed by atoms with van der Waals surface area (Å²) in [5, 5.41) is 1.30. The molecule has 17 heavy (non-hydrogen) atoms. The smallest absolute Gasteiger partial charge is 0.0620 e. The van der Waals surface area contributed by atoms with E-state index in [2.05, 4.69) is 35.4 Å². The molecule has 4 rings (SSSR count). The fourth-order valence-corrected chi connectivity index (χ4v) is 3.10. The summed E-state index contributed by atoms with van der Waals surface area (Å²) in [5.41, 5.74) is 9.03. The molecule has 1 saturated heterocycles. The van der Waals surface area contributed by atoms with Crippen LogP contribution in [0, 0.1) is 0 Å². The molecule has 2 fully saturated rings. The van der Waals surface area contributed by atoms with E-state index >= 15 is 0 Å². The molecule has 1 aromatic carbocycles. The number of aromatic amines is 1. The highest BCUT2D eigenvalue weighted by Crippen LogP contribution is 2.54. The lowest BCUT2D eigenvalue weighted by Crippen LogP contribution is -2.60. The summed E-state index contributed by atoms with van der Waals surface area (Å²) in [6.07, 6.45) is 4.37. The Labute approximate surface area is 100.0 Å². The summed E-state index contributed by atoms with van der Waals surface area (Å²) >= 11 is 0. The van der Waals surface area contributed by atoms with Crippen LogP contribution in [-0.4, -0.2) is 23.7 Å². The Balaban J connectivity index is 1.93. The zero-order chi connectivity index (χ0) is 11.5. The van der Waals surface area contributed by atoms with Crippen molar-refractivity contribution >= 4 is 10.9 Å². The maximum absolute atomic E-state index is 6.48. The lowest BCUT2D eigenvalue weighted by Gasteiger charge is -2.46. The Morgan fingerprint density at radius 3 is 2.59 bits per heavy atom. The summed E-state index contributed by atoms with van der Waals surface area (Å²) in [6.45, 7) is 1.54. The molecule has 0 radical (unpaired) electrons. The monoisotopic (exact) mass is 228 g/mol. The third kappa shape index (κ3) is 1.08. The van der Waals surface area contributed by atoms with Gasteiger partial charge in [0.05, 0.1) is 18.6 Å². The number of hydrogen-bond acceptors (Lipinski definition) is 2. The van der Waals surface area contributed by atoms with E-state index in [1.807, 2.05) is 0 Å². The van der Waals surface area contributed by atoms with E-state index in [-0.39, 0.29) is 11.0 Å². The largest absolute Gasteiger partial charge is 0.379 e. The number of para-hydroxylation sites is 1. The van der Waals surface area contributed by atoms with Gasteiger partial charge in [0.15, 0.2) is 0 Å². The lowest BCUT2D eigenvalue weighted by molar-refractivity contribution is -0.0778. The van der Waals surface area contributed by atoms with Crippen molar-refractivity contribution < 1.29 is 4.74 Å². The van der Waals surface area contributed by atoms with Crippen molar-refractivity contribution in [1.82, 2.24) is 4.98 Å². The van der Waals surface area contributed by atoms with E-state index in [0.29, 0.717) is 0 Å². The molecule has 0 unspecified atom stereocenters. The first-order valence-corrected chi connectivity index (χ1v) is 6.18. The van der Waals surface area contributed by atoms with Gasteiger partial charge in [0, 0.05) is 22.6 Å². The highest BCUT2D eigenvalue weighted by molar-refractivity contribution is 5.85. The van der Waals surface area contributed by atoms with E-state index < -0.39 is 0 Å². The normalized spacial score (nSPS) is 24.5. The van der Waals surface area contributed by atoms with Gasteiger partial charge < -0.3 is 15.5 Å². The quantitative estimate of drug-likeness (QED) is 0.825. The summed E-state index contributed by atoms with van der Waals surface area (Å²) in [4.78, 5) is 3.35. The van der Waals surface area contributed by atoms with E-state index in [1.54, 1.807) is 0 Å². The Bertz CT molecular complexity index is 579. The third-order valence-electron chi connectivity index (χ3n) is 4.54. The zero-order valence-electron chi connectivity index (χ0n) is 9.70. The van der Waals surface area contributed by atoms with Crippen molar-refractivity contribution in [1.29, 1.82) is 0 Å². The van der Waals surface area contributed by atoms with Crippen LogP contribution in [0.25, 0.3) is 10.9 Å². The Hall–Kier alpha value is -1.32. The number of nitrogens with two attached hydrogens (primary N) is 1. The van der Waals surface area contributed by atoms with Gasteiger partial charge in [0.2, 0.25) is 0 Å². The lowest BCUT2D eigenvalue weighted by atomic mass is 9.70. The average Bonchev–Trinajstić information content (AvgIpc) is 2.88. The maximum Gasteiger partial charge on any atom is 0.0620 e. The zero-order valence-corrected chi connectivity index (χ0v) is 9.70. The summed E-state index contributed by atoms with van der Waals surface area (Å²) in [5.74, 6) is 0. The standard InChI is InChI=1S/C14H16N2O/c15-14(5-6-14)13(8-17-9-13)11-7-16-12-4-2-1-3-10(11)12/h1-4,7,16H,5-6,8-9,15H2. The topological polar surface area (TPSA) is 51.0 Å². The van der Waals surface area contributed by atoms with Crippen molar-refractivity contribution in [3.8, 4) is 0 Å². The van der Waals surface area contributed by atoms with Crippen molar-refractivity contribution in [2.45, 2.75) is 23.8 Å². The van der Waals surface area contributed by atoms with Gasteiger partial charge in [-0.1, -0.05) is 18.2 Å². The number of hydrogen-bond donors (Lipinski definition) is 2. The fraction of sp³-hybridized carbons (Fsp3) is 0.429. The average molecular weight is 228 g/mol. The molecule has 3 nitrogen and oxygen atoms in total. The van der Waals surface area contributed by atoms with Crippen LogP contribution in [0.4, 0.5) is 0 Å². The minimum Gasteiger partial charge on any atom is -0.379 e. The molecule has 0 atom stereocenters. The van der Waals surface area contributed by atoms with E-state index in [4.69, 9.17) is 10.5 Å². The van der Waals surface area contributed by atoms with Gasteiger partial charge in [-0.2, -0.15) is 0 Å². The summed E-state index contributed by atoms with van der Waals surface area (Å²) in [6, 6.07) is 8.43. The number of H-pyrrole nitrogens is 1. The highest BCUT2D eigenvalue weighted by Gasteiger charge is 2.62. The third-order valence-corrected chi connectivity index (χ3v) is 4.54. The minimum atomic E-state index is -0.0315. The predicted octanol–water partition coefficient (Wildman–Crippen LogP) is 1.93. The molecule has 3 heteroatoms. The maximum atomic E-state index is 6.48. The number of rotatable bonds is 2. The molecule has 2 aliphatic rings. The highest BCUT2D eigenvalue weighted by atomic mass is 16.5. The van der Waals surface area contributed by atoms with E-state index in [1.165, 1.54) is 16.5 Å². The van der Waals surface area contributed by atoms with Crippen molar-refractivity contribution in [2.24, 2.45) is 5.73 Å². The van der Waals surface area contributed by atoms with Gasteiger partial charge in [-0.15, -0.1) is 0 Å². The first kappa shape index (κ1) is 9.68. The molecule has 1 aliphatic heterocycles. The van der Waals surface area contributed by atoms with Crippen molar-refractivity contribution in [3.05, 3.63) is 36.0 Å². The van der Waals surface area contributed by atoms with E-state index in [9.17, 15) is 0 Å². The molecule has 3 N–H and O–H groups in total. The molecule has 2 aromatic rings. The molecule has 1 saturated carbocycles. The number of aromatic nitrogens is 1. The number of benzene rings is 1. The van der Waals surface area contributed by atoms with Gasteiger partial charge in [-0.05, 0) is 24.5 Å². The van der Waals surface area contributed by atoms with E-state index in [0.717, 1.165) is 26.1 Å². The Morgan fingerprint density at radius 1 is 1.18 bits per heavy atom. The Kier molecular flexibility index (Phi) is 1.66. The molecular weight excluding hydrogens is 212 g/mol. The van der Waals surface area contributed by atoms with Crippen LogP contribution in [0.15, 0.2) is 30.5 Å². The number of ether oxygens (including phenoxy) is 1. The number of nitrogens with one attached hydrogen (secondary N) is 1. The molecule has 1 aromatic heterocycles. The predicted molar refractivity (Wildman–Crippen MR) is 66.9 cm³/mol. The van der Waals surface area contributed by atoms with Gasteiger partial charge in [-0.3, -0.25) is 0 Å². The molecule has 0 amide bonds. The van der Waals surface area contributed by atoms with Gasteiger partial charge in [-0.25, -0.2) is 0 Å². The molecule has 0 spiro atoms. The molecule has 2 heterocycles. The van der Waals surface area contributed by atoms with Crippen LogP contribution in [0.5, 0.6) is 0 Å². The van der Waals surface area contributed by atoms with Gasteiger partial charge >= 0.3 is 0 Å². The molecule has 1 aliphatic carbocycles. The first-order valence-electron chi connectivity index (χ1n) is 6.18. The minimum absolute atomic E-state index is 0.0315. The molecule has 0 bridgehead atoms. The van der Waals surface area contributed by atoms with Gasteiger partial charge in [0.1, 0.15) is 0 Å². The SMILES string of the molecule is NC1(C2(c3c[nH]c4ccccc34)COC2)CC1. The fourth-order valence-electron chi connectivity index (χ4n) is 3.10. The van der Waals surface area contributed by atoms with Crippen LogP contribution < -0.4 is 5.73 Å². The van der Waals surface area contributed by atoms with Crippen molar-refractivity contribution in [2.75, 3.05) is 13.2 Å². The van der Waals surface area contributed by atoms with Crippen LogP contribution in [0.3, 0.4) is 0 Å². The van der Waals surface area contributed by atoms with Crippen LogP contribution in [0.1, 0.15) is 18.4 Å². The second-order valence-electron chi connectivity index (χ2n) is 5.48. The van der Waals surface area contributed by atoms with Gasteiger partial charge in [0.25, 0.3) is 0 Å². The Morgan fingerprint density at radius 2 is 1.94 bits per heavy atom. The molecule has 88 valence electrons. The number of fused-ring (bicyclic) bond motifs is 1. The second kappa shape index (κ2) is 2.92. The van der Waals surface area contributed by atoms with Crippen LogP contribution in [-0.2, 0) is 10.2 Å². The van der Waals surface area contributed by atoms with Crippen LogP contribution in [0.2, 0.25) is 0 Å². The summed E-state index contributed by atoms with van der Waals surface area (Å²) in [7, 11) is 0. The second-order valence-corrected chi connectivity index (χ2v) is 5.48. The molecular formula is C14H16N2O. The summed E-state index contributed by atoms with van der Waals surface area (Å²) < 4.78 is 5.48.